The van der Waals surface area contributed by atoms with Crippen LogP contribution in [0.4, 0.5) is 0 Å². The monoisotopic (exact) mass is 317 g/mol. The van der Waals surface area contributed by atoms with Gasteiger partial charge in [-0.2, -0.15) is 17.0 Å². The van der Waals surface area contributed by atoms with E-state index < -0.39 is 10.2 Å². The minimum absolute atomic E-state index is 0.211. The summed E-state index contributed by atoms with van der Waals surface area (Å²) in [5, 5.41) is 3.37. The van der Waals surface area contributed by atoms with E-state index in [9.17, 15) is 8.42 Å². The third kappa shape index (κ3) is 4.41. The SMILES string of the molecule is CCNCC1CCN(S(=O)(=O)N(C)C2CCCCC2)CC1. The zero-order valence-electron chi connectivity index (χ0n) is 13.6. The van der Waals surface area contributed by atoms with Gasteiger partial charge in [-0.3, -0.25) is 0 Å². The molecule has 0 aromatic heterocycles. The Kier molecular flexibility index (Phi) is 6.47. The van der Waals surface area contributed by atoms with Crippen LogP contribution >= 0.6 is 0 Å². The van der Waals surface area contributed by atoms with Gasteiger partial charge in [-0.25, -0.2) is 0 Å². The average molecular weight is 317 g/mol. The first-order chi connectivity index (χ1) is 10.1. The van der Waals surface area contributed by atoms with E-state index in [0.29, 0.717) is 19.0 Å². The first-order valence-corrected chi connectivity index (χ1v) is 9.89. The molecule has 5 nitrogen and oxygen atoms in total. The summed E-state index contributed by atoms with van der Waals surface area (Å²) in [7, 11) is -1.49. The molecule has 1 N–H and O–H groups in total. The fraction of sp³-hybridized carbons (Fsp3) is 1.00. The van der Waals surface area contributed by atoms with Crippen molar-refractivity contribution in [3.05, 3.63) is 0 Å². The molecule has 2 fully saturated rings. The molecule has 0 atom stereocenters. The minimum Gasteiger partial charge on any atom is -0.317 e. The average Bonchev–Trinajstić information content (AvgIpc) is 2.53. The largest absolute Gasteiger partial charge is 0.317 e. The van der Waals surface area contributed by atoms with E-state index in [-0.39, 0.29) is 6.04 Å². The molecular formula is C15H31N3O2S. The van der Waals surface area contributed by atoms with Crippen LogP contribution in [0, 0.1) is 5.92 Å². The maximum Gasteiger partial charge on any atom is 0.281 e. The van der Waals surface area contributed by atoms with Gasteiger partial charge in [0.1, 0.15) is 0 Å². The summed E-state index contributed by atoms with van der Waals surface area (Å²) < 4.78 is 28.8. The molecule has 0 radical (unpaired) electrons. The van der Waals surface area contributed by atoms with Gasteiger partial charge in [-0.05, 0) is 44.7 Å². The van der Waals surface area contributed by atoms with Crippen LogP contribution in [0.15, 0.2) is 0 Å². The van der Waals surface area contributed by atoms with E-state index in [1.807, 2.05) is 0 Å². The molecule has 2 aliphatic rings. The second-order valence-electron chi connectivity index (χ2n) is 6.47. The second kappa shape index (κ2) is 7.90. The van der Waals surface area contributed by atoms with Crippen molar-refractivity contribution < 1.29 is 8.42 Å². The Hall–Kier alpha value is -0.170. The summed E-state index contributed by atoms with van der Waals surface area (Å²) in [6.45, 7) is 5.47. The van der Waals surface area contributed by atoms with E-state index in [0.717, 1.165) is 51.6 Å². The molecule has 0 aromatic carbocycles. The lowest BCUT2D eigenvalue weighted by atomic mass is 9.96. The van der Waals surface area contributed by atoms with Crippen molar-refractivity contribution in [3.63, 3.8) is 0 Å². The fourth-order valence-electron chi connectivity index (χ4n) is 3.51. The summed E-state index contributed by atoms with van der Waals surface area (Å²) in [5.41, 5.74) is 0. The summed E-state index contributed by atoms with van der Waals surface area (Å²) in [6.07, 6.45) is 7.57. The molecule has 1 aliphatic heterocycles. The lowest BCUT2D eigenvalue weighted by Gasteiger charge is -2.37. The maximum atomic E-state index is 12.7. The third-order valence-electron chi connectivity index (χ3n) is 5.04. The number of hydrogen-bond donors (Lipinski definition) is 1. The number of nitrogens with zero attached hydrogens (tertiary/aromatic N) is 2. The normalized spacial score (nSPS) is 23.8. The highest BCUT2D eigenvalue weighted by Gasteiger charge is 2.34. The van der Waals surface area contributed by atoms with Gasteiger partial charge in [0.2, 0.25) is 0 Å². The van der Waals surface area contributed by atoms with Crippen LogP contribution in [-0.4, -0.2) is 56.3 Å². The quantitative estimate of drug-likeness (QED) is 0.813. The van der Waals surface area contributed by atoms with Crippen molar-refractivity contribution >= 4 is 10.2 Å². The molecular weight excluding hydrogens is 286 g/mol. The lowest BCUT2D eigenvalue weighted by molar-refractivity contribution is 0.229. The van der Waals surface area contributed by atoms with E-state index in [4.69, 9.17) is 0 Å². The Balaban J connectivity index is 1.88. The molecule has 0 spiro atoms. The molecule has 0 unspecified atom stereocenters. The Morgan fingerprint density at radius 2 is 1.71 bits per heavy atom. The predicted molar refractivity (Wildman–Crippen MR) is 86.4 cm³/mol. The number of hydrogen-bond acceptors (Lipinski definition) is 3. The van der Waals surface area contributed by atoms with Gasteiger partial charge in [-0.1, -0.05) is 26.2 Å². The minimum atomic E-state index is -3.26. The predicted octanol–water partition coefficient (Wildman–Crippen LogP) is 1.82. The molecule has 1 saturated heterocycles. The third-order valence-corrected chi connectivity index (χ3v) is 7.08. The highest BCUT2D eigenvalue weighted by atomic mass is 32.2. The van der Waals surface area contributed by atoms with E-state index in [1.54, 1.807) is 15.7 Å². The second-order valence-corrected chi connectivity index (χ2v) is 8.45. The van der Waals surface area contributed by atoms with Crippen LogP contribution in [0.25, 0.3) is 0 Å². The first kappa shape index (κ1) is 17.2. The lowest BCUT2D eigenvalue weighted by Crippen LogP contribution is -2.50. The summed E-state index contributed by atoms with van der Waals surface area (Å²) in [6, 6.07) is 0.211. The number of rotatable bonds is 6. The van der Waals surface area contributed by atoms with Gasteiger partial charge in [0.25, 0.3) is 10.2 Å². The molecule has 1 heterocycles. The van der Waals surface area contributed by atoms with Crippen molar-refractivity contribution in [2.24, 2.45) is 5.92 Å². The van der Waals surface area contributed by atoms with Gasteiger partial charge < -0.3 is 5.32 Å². The van der Waals surface area contributed by atoms with Crippen LogP contribution in [0.1, 0.15) is 51.9 Å². The standard InChI is InChI=1S/C15H31N3O2S/c1-3-16-13-14-9-11-18(12-10-14)21(19,20)17(2)15-7-5-4-6-8-15/h14-16H,3-13H2,1-2H3. The summed E-state index contributed by atoms with van der Waals surface area (Å²) in [5.74, 6) is 0.622. The molecule has 0 bridgehead atoms. The van der Waals surface area contributed by atoms with Gasteiger partial charge in [0.05, 0.1) is 0 Å². The van der Waals surface area contributed by atoms with Crippen molar-refractivity contribution in [1.29, 1.82) is 0 Å². The molecule has 21 heavy (non-hydrogen) atoms. The highest BCUT2D eigenvalue weighted by molar-refractivity contribution is 7.86. The zero-order valence-corrected chi connectivity index (χ0v) is 14.4. The first-order valence-electron chi connectivity index (χ1n) is 8.49. The Morgan fingerprint density at radius 3 is 2.29 bits per heavy atom. The van der Waals surface area contributed by atoms with Gasteiger partial charge >= 0.3 is 0 Å². The van der Waals surface area contributed by atoms with E-state index in [2.05, 4.69) is 12.2 Å². The Bertz CT molecular complexity index is 399. The number of piperidine rings is 1. The van der Waals surface area contributed by atoms with Crippen molar-refractivity contribution in [3.8, 4) is 0 Å². The van der Waals surface area contributed by atoms with Crippen molar-refractivity contribution in [2.45, 2.75) is 57.9 Å². The van der Waals surface area contributed by atoms with E-state index >= 15 is 0 Å². The molecule has 6 heteroatoms. The van der Waals surface area contributed by atoms with Crippen LogP contribution < -0.4 is 5.32 Å². The van der Waals surface area contributed by atoms with Gasteiger partial charge in [-0.15, -0.1) is 0 Å². The van der Waals surface area contributed by atoms with Crippen LogP contribution in [0.2, 0.25) is 0 Å². The molecule has 1 saturated carbocycles. The molecule has 1 aliphatic carbocycles. The topological polar surface area (TPSA) is 52.7 Å². The number of nitrogens with one attached hydrogen (secondary N) is 1. The Morgan fingerprint density at radius 1 is 1.10 bits per heavy atom. The molecule has 0 aromatic rings. The van der Waals surface area contributed by atoms with Crippen LogP contribution in [0.5, 0.6) is 0 Å². The Labute approximate surface area is 130 Å². The smallest absolute Gasteiger partial charge is 0.281 e. The van der Waals surface area contributed by atoms with Gasteiger partial charge in [0, 0.05) is 26.2 Å². The van der Waals surface area contributed by atoms with Gasteiger partial charge in [0.15, 0.2) is 0 Å². The summed E-state index contributed by atoms with van der Waals surface area (Å²) in [4.78, 5) is 0. The fourth-order valence-corrected chi connectivity index (χ4v) is 5.13. The van der Waals surface area contributed by atoms with Crippen molar-refractivity contribution in [1.82, 2.24) is 13.9 Å². The maximum absolute atomic E-state index is 12.7. The zero-order chi connectivity index (χ0) is 15.3. The van der Waals surface area contributed by atoms with Crippen molar-refractivity contribution in [2.75, 3.05) is 33.2 Å². The van der Waals surface area contributed by atoms with Crippen LogP contribution in [-0.2, 0) is 10.2 Å². The molecule has 0 amide bonds. The molecule has 2 rings (SSSR count). The van der Waals surface area contributed by atoms with E-state index in [1.165, 1.54) is 6.42 Å². The molecule has 124 valence electrons. The summed E-state index contributed by atoms with van der Waals surface area (Å²) >= 11 is 0. The highest BCUT2D eigenvalue weighted by Crippen LogP contribution is 2.27. The van der Waals surface area contributed by atoms with Crippen LogP contribution in [0.3, 0.4) is 0 Å².